The maximum atomic E-state index is 13.1. The van der Waals surface area contributed by atoms with Crippen LogP contribution in [0.2, 0.25) is 5.02 Å². The van der Waals surface area contributed by atoms with Gasteiger partial charge in [-0.2, -0.15) is 0 Å². The molecule has 0 aliphatic carbocycles. The molecule has 1 aliphatic heterocycles. The number of fused-ring (bicyclic) bond motifs is 1. The van der Waals surface area contributed by atoms with Gasteiger partial charge in [0.1, 0.15) is 11.8 Å². The Balaban J connectivity index is 1.51. The smallest absolute Gasteiger partial charge is 0.330 e. The molecule has 178 valence electrons. The molecule has 3 aromatic carbocycles. The Morgan fingerprint density at radius 3 is 2.20 bits per heavy atom. The third-order valence-electron chi connectivity index (χ3n) is 5.46. The second-order valence-electron chi connectivity index (χ2n) is 7.73. The average molecular weight is 493 g/mol. The normalized spacial score (nSPS) is 13.3. The Morgan fingerprint density at radius 2 is 1.57 bits per heavy atom. The van der Waals surface area contributed by atoms with E-state index >= 15 is 0 Å². The van der Waals surface area contributed by atoms with E-state index in [0.29, 0.717) is 16.5 Å². The van der Waals surface area contributed by atoms with Crippen molar-refractivity contribution in [1.82, 2.24) is 4.90 Å². The standard InChI is InChI=1S/C26H21ClN2O6/c1-34-22-12-11-17(27)14-20(22)28-23(30)15-35-26(33)21(13-16-7-3-2-4-8-16)29-24(31)18-9-5-6-10-19(18)25(29)32/h2-12,14,21H,13,15H2,1H3,(H,28,30). The van der Waals surface area contributed by atoms with Crippen LogP contribution in [0.3, 0.4) is 0 Å². The van der Waals surface area contributed by atoms with E-state index in [9.17, 15) is 19.2 Å². The number of carbonyl (C=O) groups excluding carboxylic acids is 4. The minimum Gasteiger partial charge on any atom is -0.495 e. The van der Waals surface area contributed by atoms with Gasteiger partial charge in [0.2, 0.25) is 0 Å². The molecule has 9 heteroatoms. The van der Waals surface area contributed by atoms with Crippen LogP contribution in [-0.4, -0.2) is 48.3 Å². The third kappa shape index (κ3) is 5.17. The fourth-order valence-corrected chi connectivity index (χ4v) is 3.98. The summed E-state index contributed by atoms with van der Waals surface area (Å²) in [4.78, 5) is 52.5. The van der Waals surface area contributed by atoms with Gasteiger partial charge in [-0.15, -0.1) is 0 Å². The molecule has 1 N–H and O–H groups in total. The van der Waals surface area contributed by atoms with Crippen LogP contribution in [0.5, 0.6) is 5.75 Å². The number of nitrogens with zero attached hydrogens (tertiary/aromatic N) is 1. The summed E-state index contributed by atoms with van der Waals surface area (Å²) in [5.74, 6) is -2.31. The molecule has 8 nitrogen and oxygen atoms in total. The van der Waals surface area contributed by atoms with Gasteiger partial charge in [-0.05, 0) is 35.9 Å². The number of hydrogen-bond donors (Lipinski definition) is 1. The summed E-state index contributed by atoms with van der Waals surface area (Å²) < 4.78 is 10.4. The summed E-state index contributed by atoms with van der Waals surface area (Å²) in [6.45, 7) is -0.636. The lowest BCUT2D eigenvalue weighted by Crippen LogP contribution is -2.47. The third-order valence-corrected chi connectivity index (χ3v) is 5.70. The molecule has 3 aromatic rings. The van der Waals surface area contributed by atoms with E-state index in [-0.39, 0.29) is 17.5 Å². The number of nitrogens with one attached hydrogen (secondary N) is 1. The van der Waals surface area contributed by atoms with Crippen molar-refractivity contribution in [3.05, 3.63) is 94.5 Å². The molecule has 0 saturated heterocycles. The number of ether oxygens (including phenoxy) is 2. The average Bonchev–Trinajstić information content (AvgIpc) is 3.12. The van der Waals surface area contributed by atoms with Gasteiger partial charge in [-0.25, -0.2) is 4.79 Å². The molecule has 0 saturated carbocycles. The van der Waals surface area contributed by atoms with E-state index in [2.05, 4.69) is 5.32 Å². The fourth-order valence-electron chi connectivity index (χ4n) is 3.81. The molecule has 0 bridgehead atoms. The summed E-state index contributed by atoms with van der Waals surface area (Å²) in [6.07, 6.45) is 0.0366. The molecule has 0 aromatic heterocycles. The lowest BCUT2D eigenvalue weighted by molar-refractivity contribution is -0.151. The van der Waals surface area contributed by atoms with Gasteiger partial charge < -0.3 is 14.8 Å². The van der Waals surface area contributed by atoms with Gasteiger partial charge in [-0.1, -0.05) is 54.1 Å². The Labute approximate surface area is 206 Å². The summed E-state index contributed by atoms with van der Waals surface area (Å²) >= 11 is 5.98. The van der Waals surface area contributed by atoms with E-state index in [1.807, 2.05) is 6.07 Å². The zero-order valence-electron chi connectivity index (χ0n) is 18.7. The first-order chi connectivity index (χ1) is 16.9. The van der Waals surface area contributed by atoms with Crippen molar-refractivity contribution < 1.29 is 28.7 Å². The van der Waals surface area contributed by atoms with Crippen molar-refractivity contribution >= 4 is 41.0 Å². The summed E-state index contributed by atoms with van der Waals surface area (Å²) in [7, 11) is 1.44. The van der Waals surface area contributed by atoms with E-state index < -0.39 is 36.3 Å². The molecule has 0 spiro atoms. The number of anilines is 1. The second-order valence-corrected chi connectivity index (χ2v) is 8.17. The topological polar surface area (TPSA) is 102 Å². The van der Waals surface area contributed by atoms with E-state index in [1.165, 1.54) is 25.3 Å². The summed E-state index contributed by atoms with van der Waals surface area (Å²) in [5.41, 5.74) is 1.46. The molecular weight excluding hydrogens is 472 g/mol. The molecule has 0 fully saturated rings. The summed E-state index contributed by atoms with van der Waals surface area (Å²) in [5, 5.41) is 2.96. The second kappa shape index (κ2) is 10.4. The number of imide groups is 1. The molecule has 1 aliphatic rings. The minimum absolute atomic E-state index is 0.0366. The number of rotatable bonds is 8. The fraction of sp³-hybridized carbons (Fsp3) is 0.154. The first kappa shape index (κ1) is 24.0. The highest BCUT2D eigenvalue weighted by Crippen LogP contribution is 2.28. The number of hydrogen-bond acceptors (Lipinski definition) is 6. The Morgan fingerprint density at radius 1 is 0.943 bits per heavy atom. The van der Waals surface area contributed by atoms with Crippen LogP contribution >= 0.6 is 11.6 Å². The van der Waals surface area contributed by atoms with E-state index in [0.717, 1.165) is 10.5 Å². The number of benzene rings is 3. The van der Waals surface area contributed by atoms with Gasteiger partial charge in [-0.3, -0.25) is 19.3 Å². The highest BCUT2D eigenvalue weighted by atomic mass is 35.5. The first-order valence-electron chi connectivity index (χ1n) is 10.7. The molecule has 1 atom stereocenters. The maximum absolute atomic E-state index is 13.1. The number of methoxy groups -OCH3 is 1. The molecule has 1 unspecified atom stereocenters. The van der Waals surface area contributed by atoms with Crippen LogP contribution in [-0.2, 0) is 20.7 Å². The largest absolute Gasteiger partial charge is 0.495 e. The Hall–Kier alpha value is -4.17. The zero-order valence-corrected chi connectivity index (χ0v) is 19.5. The van der Waals surface area contributed by atoms with E-state index in [1.54, 1.807) is 48.5 Å². The molecule has 1 heterocycles. The monoisotopic (exact) mass is 492 g/mol. The highest BCUT2D eigenvalue weighted by Gasteiger charge is 2.43. The number of amides is 3. The van der Waals surface area contributed by atoms with Crippen LogP contribution in [0.4, 0.5) is 5.69 Å². The van der Waals surface area contributed by atoms with Crippen molar-refractivity contribution in [2.45, 2.75) is 12.5 Å². The van der Waals surface area contributed by atoms with Gasteiger partial charge in [0.25, 0.3) is 17.7 Å². The van der Waals surface area contributed by atoms with Gasteiger partial charge in [0.05, 0.1) is 23.9 Å². The van der Waals surface area contributed by atoms with Crippen molar-refractivity contribution in [2.75, 3.05) is 19.0 Å². The first-order valence-corrected chi connectivity index (χ1v) is 11.1. The molecule has 35 heavy (non-hydrogen) atoms. The van der Waals surface area contributed by atoms with Crippen molar-refractivity contribution in [3.63, 3.8) is 0 Å². The van der Waals surface area contributed by atoms with Gasteiger partial charge >= 0.3 is 5.97 Å². The zero-order chi connectivity index (χ0) is 24.9. The predicted octanol–water partition coefficient (Wildman–Crippen LogP) is 3.74. The lowest BCUT2D eigenvalue weighted by Gasteiger charge is -2.24. The Bertz CT molecular complexity index is 1260. The molecule has 3 amide bonds. The SMILES string of the molecule is COc1ccc(Cl)cc1NC(=O)COC(=O)C(Cc1ccccc1)N1C(=O)c2ccccc2C1=O. The summed E-state index contributed by atoms with van der Waals surface area (Å²) in [6, 6.07) is 18.7. The van der Waals surface area contributed by atoms with Gasteiger partial charge in [0, 0.05) is 11.4 Å². The van der Waals surface area contributed by atoms with Crippen molar-refractivity contribution in [3.8, 4) is 5.75 Å². The minimum atomic E-state index is -1.25. The maximum Gasteiger partial charge on any atom is 0.330 e. The van der Waals surface area contributed by atoms with E-state index in [4.69, 9.17) is 21.1 Å². The van der Waals surface area contributed by atoms with Crippen molar-refractivity contribution in [1.29, 1.82) is 0 Å². The van der Waals surface area contributed by atoms with Crippen LogP contribution in [0, 0.1) is 0 Å². The molecule has 4 rings (SSSR count). The quantitative estimate of drug-likeness (QED) is 0.379. The van der Waals surface area contributed by atoms with Crippen LogP contribution in [0.25, 0.3) is 0 Å². The predicted molar refractivity (Wildman–Crippen MR) is 128 cm³/mol. The van der Waals surface area contributed by atoms with Crippen molar-refractivity contribution in [2.24, 2.45) is 0 Å². The number of esters is 1. The number of halogens is 1. The highest BCUT2D eigenvalue weighted by molar-refractivity contribution is 6.31. The number of carbonyl (C=O) groups is 4. The van der Waals surface area contributed by atoms with Crippen LogP contribution < -0.4 is 10.1 Å². The lowest BCUT2D eigenvalue weighted by atomic mass is 10.0. The molecule has 0 radical (unpaired) electrons. The Kier molecular flexibility index (Phi) is 7.12. The van der Waals surface area contributed by atoms with Gasteiger partial charge in [0.15, 0.2) is 6.61 Å². The van der Waals surface area contributed by atoms with Crippen LogP contribution in [0.1, 0.15) is 26.3 Å². The molecular formula is C26H21ClN2O6. The van der Waals surface area contributed by atoms with Crippen LogP contribution in [0.15, 0.2) is 72.8 Å².